The molecule has 3 aromatic rings. The van der Waals surface area contributed by atoms with Gasteiger partial charge in [-0.2, -0.15) is 10.4 Å². The molecular formula is C16H14N6OS. The highest BCUT2D eigenvalue weighted by atomic mass is 32.1. The van der Waals surface area contributed by atoms with E-state index in [1.54, 1.807) is 17.3 Å². The van der Waals surface area contributed by atoms with E-state index in [4.69, 9.17) is 5.26 Å². The number of aromatic nitrogens is 3. The second-order valence-electron chi connectivity index (χ2n) is 5.69. The number of aromatic amines is 1. The maximum atomic E-state index is 12.3. The van der Waals surface area contributed by atoms with Crippen LogP contribution in [0.2, 0.25) is 0 Å². The van der Waals surface area contributed by atoms with Crippen LogP contribution in [-0.4, -0.2) is 39.1 Å². The van der Waals surface area contributed by atoms with Crippen LogP contribution >= 0.6 is 11.3 Å². The first kappa shape index (κ1) is 14.7. The third kappa shape index (κ3) is 2.59. The highest BCUT2D eigenvalue weighted by molar-refractivity contribution is 7.19. The monoisotopic (exact) mass is 338 g/mol. The van der Waals surface area contributed by atoms with Crippen molar-refractivity contribution in [3.05, 3.63) is 30.6 Å². The van der Waals surface area contributed by atoms with Gasteiger partial charge in [-0.15, -0.1) is 0 Å². The van der Waals surface area contributed by atoms with E-state index in [9.17, 15) is 4.79 Å². The number of nitriles is 1. The molecule has 7 nitrogen and oxygen atoms in total. The molecule has 8 heteroatoms. The summed E-state index contributed by atoms with van der Waals surface area (Å²) in [6.07, 6.45) is 6.34. The molecule has 0 aliphatic carbocycles. The summed E-state index contributed by atoms with van der Waals surface area (Å²) in [4.78, 5) is 19.2. The molecular weight excluding hydrogens is 324 g/mol. The van der Waals surface area contributed by atoms with Crippen molar-refractivity contribution in [1.29, 1.82) is 5.26 Å². The number of hydrogen-bond donors (Lipinski definition) is 2. The molecule has 1 saturated heterocycles. The molecule has 0 bridgehead atoms. The molecule has 1 atom stereocenters. The Labute approximate surface area is 141 Å². The fraction of sp³-hybridized carbons (Fsp3) is 0.250. The smallest absolute Gasteiger partial charge is 0.231 e. The van der Waals surface area contributed by atoms with Gasteiger partial charge >= 0.3 is 0 Å². The Bertz CT molecular complexity index is 939. The number of nitrogens with one attached hydrogen (secondary N) is 2. The first-order valence-corrected chi connectivity index (χ1v) is 8.40. The third-order valence-corrected chi connectivity index (χ3v) is 5.13. The molecule has 24 heavy (non-hydrogen) atoms. The van der Waals surface area contributed by atoms with Crippen molar-refractivity contribution >= 4 is 33.3 Å². The van der Waals surface area contributed by atoms with E-state index in [1.165, 1.54) is 11.3 Å². The van der Waals surface area contributed by atoms with Crippen LogP contribution in [0.15, 0.2) is 30.6 Å². The lowest BCUT2D eigenvalue weighted by Crippen LogP contribution is -2.25. The molecule has 4 rings (SSSR count). The van der Waals surface area contributed by atoms with Gasteiger partial charge in [0.15, 0.2) is 11.3 Å². The molecule has 1 aliphatic rings. The second kappa shape index (κ2) is 5.94. The minimum absolute atomic E-state index is 0.0739. The fourth-order valence-electron chi connectivity index (χ4n) is 2.91. The maximum absolute atomic E-state index is 12.3. The third-order valence-electron chi connectivity index (χ3n) is 4.19. The van der Waals surface area contributed by atoms with E-state index in [2.05, 4.69) is 26.7 Å². The number of carbonyl (C=O) groups excluding carboxylic acids is 1. The van der Waals surface area contributed by atoms with Crippen LogP contribution in [0.4, 0.5) is 5.13 Å². The number of nitrogens with zero attached hydrogens (tertiary/aromatic N) is 4. The first-order valence-electron chi connectivity index (χ1n) is 7.58. The van der Waals surface area contributed by atoms with Crippen LogP contribution in [0.5, 0.6) is 0 Å². The minimum Gasteiger partial charge on any atom is -0.310 e. The van der Waals surface area contributed by atoms with Crippen molar-refractivity contribution in [3.8, 4) is 16.6 Å². The minimum atomic E-state index is -0.158. The van der Waals surface area contributed by atoms with E-state index in [1.807, 2.05) is 18.2 Å². The van der Waals surface area contributed by atoms with Gasteiger partial charge in [0.2, 0.25) is 5.91 Å². The highest BCUT2D eigenvalue weighted by Gasteiger charge is 2.28. The predicted molar refractivity (Wildman–Crippen MR) is 91.1 cm³/mol. The normalized spacial score (nSPS) is 17.1. The van der Waals surface area contributed by atoms with Gasteiger partial charge in [0, 0.05) is 30.2 Å². The molecule has 1 aromatic carbocycles. The number of thiazole rings is 1. The second-order valence-corrected chi connectivity index (χ2v) is 6.72. The van der Waals surface area contributed by atoms with Crippen LogP contribution in [0.25, 0.3) is 21.3 Å². The molecule has 1 amide bonds. The number of likely N-dealkylation sites (tertiary alicyclic amines) is 1. The summed E-state index contributed by atoms with van der Waals surface area (Å²) >= 11 is 1.43. The van der Waals surface area contributed by atoms with E-state index >= 15 is 0 Å². The van der Waals surface area contributed by atoms with Crippen LogP contribution in [0.3, 0.4) is 0 Å². The molecule has 0 radical (unpaired) electrons. The number of anilines is 1. The van der Waals surface area contributed by atoms with Crippen LogP contribution in [0, 0.1) is 17.4 Å². The van der Waals surface area contributed by atoms with Crippen LogP contribution < -0.4 is 5.32 Å². The summed E-state index contributed by atoms with van der Waals surface area (Å²) in [6.45, 7) is 1.12. The Kier molecular flexibility index (Phi) is 3.63. The topological polar surface area (TPSA) is 97.7 Å². The SMILES string of the molecule is N#CN1CC[C@H](C(=O)Nc2ncc(-c3cccc4[nH]ncc34)s2)C1. The summed E-state index contributed by atoms with van der Waals surface area (Å²) in [5.41, 5.74) is 2.00. The van der Waals surface area contributed by atoms with Gasteiger partial charge in [-0.1, -0.05) is 23.5 Å². The molecule has 0 saturated carbocycles. The van der Waals surface area contributed by atoms with Crippen molar-refractivity contribution in [2.24, 2.45) is 5.92 Å². The Morgan fingerprint density at radius 2 is 2.38 bits per heavy atom. The number of H-pyrrole nitrogens is 1. The maximum Gasteiger partial charge on any atom is 0.231 e. The molecule has 1 fully saturated rings. The molecule has 1 aliphatic heterocycles. The van der Waals surface area contributed by atoms with Gasteiger partial charge in [0.25, 0.3) is 0 Å². The zero-order valence-electron chi connectivity index (χ0n) is 12.7. The van der Waals surface area contributed by atoms with Gasteiger partial charge < -0.3 is 10.2 Å². The van der Waals surface area contributed by atoms with Crippen molar-refractivity contribution in [2.75, 3.05) is 18.4 Å². The standard InChI is InChI=1S/C16H14N6OS/c17-9-22-5-4-10(8-22)15(23)20-16-18-7-14(24-16)11-2-1-3-13-12(11)6-19-21-13/h1-3,6-7,10H,4-5,8H2,(H,19,21)(H,18,20,23)/t10-/m0/s1. The van der Waals surface area contributed by atoms with Crippen molar-refractivity contribution in [3.63, 3.8) is 0 Å². The lowest BCUT2D eigenvalue weighted by molar-refractivity contribution is -0.119. The summed E-state index contributed by atoms with van der Waals surface area (Å²) in [6, 6.07) is 5.94. The van der Waals surface area contributed by atoms with Crippen molar-refractivity contribution in [2.45, 2.75) is 6.42 Å². The average Bonchev–Trinajstić information content (AvgIpc) is 3.34. The van der Waals surface area contributed by atoms with E-state index in [0.29, 0.717) is 24.6 Å². The van der Waals surface area contributed by atoms with Crippen LogP contribution in [-0.2, 0) is 4.79 Å². The fourth-order valence-corrected chi connectivity index (χ4v) is 3.77. The van der Waals surface area contributed by atoms with Crippen LogP contribution in [0.1, 0.15) is 6.42 Å². The molecule has 2 N–H and O–H groups in total. The Balaban J connectivity index is 1.52. The van der Waals surface area contributed by atoms with Crippen molar-refractivity contribution < 1.29 is 4.79 Å². The van der Waals surface area contributed by atoms with Gasteiger partial charge in [-0.3, -0.25) is 9.89 Å². The number of rotatable bonds is 3. The number of amides is 1. The van der Waals surface area contributed by atoms with Gasteiger partial charge in [-0.25, -0.2) is 4.98 Å². The highest BCUT2D eigenvalue weighted by Crippen LogP contribution is 2.33. The zero-order chi connectivity index (χ0) is 16.5. The first-order chi connectivity index (χ1) is 11.7. The van der Waals surface area contributed by atoms with Gasteiger partial charge in [0.05, 0.1) is 22.5 Å². The predicted octanol–water partition coefficient (Wildman–Crippen LogP) is 2.43. The Hall–Kier alpha value is -2.92. The lowest BCUT2D eigenvalue weighted by atomic mass is 10.1. The molecule has 0 spiro atoms. The van der Waals surface area contributed by atoms with E-state index < -0.39 is 0 Å². The van der Waals surface area contributed by atoms with E-state index in [-0.39, 0.29) is 11.8 Å². The van der Waals surface area contributed by atoms with Gasteiger partial charge in [-0.05, 0) is 12.5 Å². The summed E-state index contributed by atoms with van der Waals surface area (Å²) < 4.78 is 0. The summed E-state index contributed by atoms with van der Waals surface area (Å²) in [5.74, 6) is -0.232. The number of benzene rings is 1. The molecule has 120 valence electrons. The van der Waals surface area contributed by atoms with Gasteiger partial charge in [0.1, 0.15) is 0 Å². The molecule has 3 heterocycles. The average molecular weight is 338 g/mol. The summed E-state index contributed by atoms with van der Waals surface area (Å²) in [7, 11) is 0. The quantitative estimate of drug-likeness (QED) is 0.715. The largest absolute Gasteiger partial charge is 0.310 e. The van der Waals surface area contributed by atoms with Crippen molar-refractivity contribution in [1.82, 2.24) is 20.1 Å². The van der Waals surface area contributed by atoms with E-state index in [0.717, 1.165) is 21.3 Å². The Morgan fingerprint density at radius 3 is 3.21 bits per heavy atom. The number of carbonyl (C=O) groups is 1. The number of fused-ring (bicyclic) bond motifs is 1. The summed E-state index contributed by atoms with van der Waals surface area (Å²) in [5, 5.41) is 20.4. The number of hydrogen-bond acceptors (Lipinski definition) is 6. The molecule has 2 aromatic heterocycles. The molecule has 0 unspecified atom stereocenters. The lowest BCUT2D eigenvalue weighted by Gasteiger charge is -2.08. The zero-order valence-corrected chi connectivity index (χ0v) is 13.5. The Morgan fingerprint density at radius 1 is 1.46 bits per heavy atom.